The molecule has 1 saturated carbocycles. The Morgan fingerprint density at radius 3 is 2.84 bits per heavy atom. The van der Waals surface area contributed by atoms with Gasteiger partial charge in [0.05, 0.1) is 6.42 Å². The molecule has 3 N–H and O–H groups in total. The van der Waals surface area contributed by atoms with Crippen molar-refractivity contribution in [3.8, 4) is 5.75 Å². The maximum Gasteiger partial charge on any atom is 0.227 e. The second-order valence-electron chi connectivity index (χ2n) is 5.30. The normalized spacial score (nSPS) is 22.4. The molecule has 1 aromatic rings. The SMILES string of the molecule is CN(C(=O)Cc1ccccc1O)C1CCCC1CN. The van der Waals surface area contributed by atoms with Crippen LogP contribution in [0.15, 0.2) is 24.3 Å². The maximum absolute atomic E-state index is 12.3. The summed E-state index contributed by atoms with van der Waals surface area (Å²) in [5.41, 5.74) is 6.44. The fourth-order valence-electron chi connectivity index (χ4n) is 2.93. The molecule has 1 fully saturated rings. The van der Waals surface area contributed by atoms with Gasteiger partial charge in [0.2, 0.25) is 5.91 Å². The highest BCUT2D eigenvalue weighted by Crippen LogP contribution is 2.29. The summed E-state index contributed by atoms with van der Waals surface area (Å²) >= 11 is 0. The molecule has 0 radical (unpaired) electrons. The number of hydrogen-bond donors (Lipinski definition) is 2. The van der Waals surface area contributed by atoms with Crippen molar-refractivity contribution in [3.05, 3.63) is 29.8 Å². The molecule has 1 aliphatic rings. The van der Waals surface area contributed by atoms with E-state index < -0.39 is 0 Å². The number of benzene rings is 1. The van der Waals surface area contributed by atoms with Gasteiger partial charge in [-0.25, -0.2) is 0 Å². The lowest BCUT2D eigenvalue weighted by Crippen LogP contribution is -2.42. The van der Waals surface area contributed by atoms with Gasteiger partial charge in [-0.05, 0) is 31.4 Å². The number of rotatable bonds is 4. The van der Waals surface area contributed by atoms with E-state index in [1.807, 2.05) is 18.0 Å². The lowest BCUT2D eigenvalue weighted by atomic mass is 10.0. The van der Waals surface area contributed by atoms with E-state index >= 15 is 0 Å². The topological polar surface area (TPSA) is 66.6 Å². The summed E-state index contributed by atoms with van der Waals surface area (Å²) in [7, 11) is 1.85. The predicted octanol–water partition coefficient (Wildman–Crippen LogP) is 1.52. The Balaban J connectivity index is 2.02. The highest BCUT2D eigenvalue weighted by atomic mass is 16.3. The minimum absolute atomic E-state index is 0.0480. The molecule has 2 unspecified atom stereocenters. The van der Waals surface area contributed by atoms with Crippen LogP contribution in [0.3, 0.4) is 0 Å². The van der Waals surface area contributed by atoms with Gasteiger partial charge in [-0.3, -0.25) is 4.79 Å². The fourth-order valence-corrected chi connectivity index (χ4v) is 2.93. The molecule has 0 bridgehead atoms. The zero-order valence-corrected chi connectivity index (χ0v) is 11.4. The third-order valence-corrected chi connectivity index (χ3v) is 4.15. The van der Waals surface area contributed by atoms with Gasteiger partial charge in [-0.2, -0.15) is 0 Å². The van der Waals surface area contributed by atoms with Crippen LogP contribution in [0.4, 0.5) is 0 Å². The number of phenolic OH excluding ortho intramolecular Hbond substituents is 1. The van der Waals surface area contributed by atoms with Crippen LogP contribution in [0, 0.1) is 5.92 Å². The molecule has 1 aliphatic carbocycles. The average molecular weight is 262 g/mol. The predicted molar refractivity (Wildman–Crippen MR) is 74.8 cm³/mol. The van der Waals surface area contributed by atoms with Crippen LogP contribution in [-0.2, 0) is 11.2 Å². The highest BCUT2D eigenvalue weighted by molar-refractivity contribution is 5.79. The Hall–Kier alpha value is -1.55. The fraction of sp³-hybridized carbons (Fsp3) is 0.533. The number of likely N-dealkylation sites (N-methyl/N-ethyl adjacent to an activating group) is 1. The van der Waals surface area contributed by atoms with Crippen LogP contribution in [-0.4, -0.2) is 35.5 Å². The second kappa shape index (κ2) is 6.06. The highest BCUT2D eigenvalue weighted by Gasteiger charge is 2.31. The van der Waals surface area contributed by atoms with Crippen LogP contribution in [0.1, 0.15) is 24.8 Å². The molecule has 2 rings (SSSR count). The minimum atomic E-state index is 0.0480. The van der Waals surface area contributed by atoms with Gasteiger partial charge in [0, 0.05) is 18.7 Å². The summed E-state index contributed by atoms with van der Waals surface area (Å²) in [4.78, 5) is 14.1. The smallest absolute Gasteiger partial charge is 0.227 e. The largest absolute Gasteiger partial charge is 0.508 e. The van der Waals surface area contributed by atoms with Crippen LogP contribution in [0.25, 0.3) is 0 Å². The van der Waals surface area contributed by atoms with Gasteiger partial charge in [-0.15, -0.1) is 0 Å². The molecule has 0 aliphatic heterocycles. The first-order chi connectivity index (χ1) is 9.13. The van der Waals surface area contributed by atoms with Gasteiger partial charge in [0.25, 0.3) is 0 Å². The standard InChI is InChI=1S/C15H22N2O2/c1-17(13-7-4-6-12(13)10-16)15(19)9-11-5-2-3-8-14(11)18/h2-3,5,8,12-13,18H,4,6-7,9-10,16H2,1H3. The molecule has 1 aromatic carbocycles. The molecule has 19 heavy (non-hydrogen) atoms. The zero-order valence-electron chi connectivity index (χ0n) is 11.4. The molecule has 4 nitrogen and oxygen atoms in total. The van der Waals surface area contributed by atoms with Crippen LogP contribution < -0.4 is 5.73 Å². The van der Waals surface area contributed by atoms with Crippen molar-refractivity contribution < 1.29 is 9.90 Å². The molecule has 2 atom stereocenters. The van der Waals surface area contributed by atoms with E-state index in [4.69, 9.17) is 5.73 Å². The molecule has 0 saturated heterocycles. The van der Waals surface area contributed by atoms with Crippen molar-refractivity contribution in [2.75, 3.05) is 13.6 Å². The van der Waals surface area contributed by atoms with Crippen LogP contribution in [0.5, 0.6) is 5.75 Å². The number of phenols is 1. The first-order valence-corrected chi connectivity index (χ1v) is 6.86. The van der Waals surface area contributed by atoms with E-state index in [0.717, 1.165) is 19.3 Å². The van der Waals surface area contributed by atoms with Crippen LogP contribution >= 0.6 is 0 Å². The molecule has 4 heteroatoms. The van der Waals surface area contributed by atoms with E-state index in [0.29, 0.717) is 18.0 Å². The Morgan fingerprint density at radius 1 is 1.42 bits per heavy atom. The minimum Gasteiger partial charge on any atom is -0.508 e. The summed E-state index contributed by atoms with van der Waals surface area (Å²) in [5.74, 6) is 0.649. The monoisotopic (exact) mass is 262 g/mol. The lowest BCUT2D eigenvalue weighted by Gasteiger charge is -2.29. The van der Waals surface area contributed by atoms with Crippen molar-refractivity contribution in [3.63, 3.8) is 0 Å². The van der Waals surface area contributed by atoms with Gasteiger partial charge in [0.1, 0.15) is 5.75 Å². The quantitative estimate of drug-likeness (QED) is 0.864. The van der Waals surface area contributed by atoms with Gasteiger partial charge < -0.3 is 15.7 Å². The third-order valence-electron chi connectivity index (χ3n) is 4.15. The molecular formula is C15H22N2O2. The summed E-state index contributed by atoms with van der Waals surface area (Å²) < 4.78 is 0. The molecule has 0 aromatic heterocycles. The van der Waals surface area contributed by atoms with Gasteiger partial charge in [0.15, 0.2) is 0 Å². The average Bonchev–Trinajstić information content (AvgIpc) is 2.88. The first-order valence-electron chi connectivity index (χ1n) is 6.86. The lowest BCUT2D eigenvalue weighted by molar-refractivity contribution is -0.131. The second-order valence-corrected chi connectivity index (χ2v) is 5.30. The number of para-hydroxylation sites is 1. The Labute approximate surface area is 114 Å². The third kappa shape index (κ3) is 3.07. The summed E-state index contributed by atoms with van der Waals surface area (Å²) in [6.45, 7) is 0.638. The number of aromatic hydroxyl groups is 1. The molecular weight excluding hydrogens is 240 g/mol. The van der Waals surface area contributed by atoms with E-state index in [9.17, 15) is 9.90 Å². The van der Waals surface area contributed by atoms with E-state index in [-0.39, 0.29) is 24.1 Å². The number of carbonyl (C=O) groups excluding carboxylic acids is 1. The summed E-state index contributed by atoms with van der Waals surface area (Å²) in [5, 5.41) is 9.71. The number of hydrogen-bond acceptors (Lipinski definition) is 3. The Bertz CT molecular complexity index is 448. The summed E-state index contributed by atoms with van der Waals surface area (Å²) in [6.07, 6.45) is 3.53. The molecule has 1 amide bonds. The zero-order chi connectivity index (χ0) is 13.8. The van der Waals surface area contributed by atoms with Crippen molar-refractivity contribution in [2.45, 2.75) is 31.7 Å². The van der Waals surface area contributed by atoms with E-state index in [2.05, 4.69) is 0 Å². The summed E-state index contributed by atoms with van der Waals surface area (Å²) in [6, 6.07) is 7.25. The van der Waals surface area contributed by atoms with Crippen molar-refractivity contribution >= 4 is 5.91 Å². The Kier molecular flexibility index (Phi) is 4.43. The van der Waals surface area contributed by atoms with E-state index in [1.165, 1.54) is 0 Å². The maximum atomic E-state index is 12.3. The number of amides is 1. The number of nitrogens with zero attached hydrogens (tertiary/aromatic N) is 1. The number of carbonyl (C=O) groups is 1. The van der Waals surface area contributed by atoms with E-state index in [1.54, 1.807) is 18.2 Å². The van der Waals surface area contributed by atoms with Gasteiger partial charge in [-0.1, -0.05) is 24.6 Å². The van der Waals surface area contributed by atoms with Crippen molar-refractivity contribution in [1.29, 1.82) is 0 Å². The van der Waals surface area contributed by atoms with Crippen molar-refractivity contribution in [1.82, 2.24) is 4.90 Å². The van der Waals surface area contributed by atoms with Crippen LogP contribution in [0.2, 0.25) is 0 Å². The van der Waals surface area contributed by atoms with Gasteiger partial charge >= 0.3 is 0 Å². The number of nitrogens with two attached hydrogens (primary N) is 1. The Morgan fingerprint density at radius 2 is 2.16 bits per heavy atom. The molecule has 104 valence electrons. The molecule has 0 spiro atoms. The van der Waals surface area contributed by atoms with Crippen molar-refractivity contribution in [2.24, 2.45) is 11.7 Å². The first kappa shape index (κ1) is 13.9. The molecule has 0 heterocycles.